The van der Waals surface area contributed by atoms with Crippen LogP contribution in [0.3, 0.4) is 0 Å². The zero-order valence-electron chi connectivity index (χ0n) is 17.5. The van der Waals surface area contributed by atoms with E-state index < -0.39 is 12.5 Å². The van der Waals surface area contributed by atoms with E-state index in [1.807, 2.05) is 30.5 Å². The van der Waals surface area contributed by atoms with Crippen LogP contribution in [0.15, 0.2) is 54.7 Å². The van der Waals surface area contributed by atoms with Crippen LogP contribution in [0.4, 0.5) is 8.78 Å². The lowest BCUT2D eigenvalue weighted by Gasteiger charge is -2.32. The summed E-state index contributed by atoms with van der Waals surface area (Å²) in [6, 6.07) is 14.0. The first-order valence-corrected chi connectivity index (χ1v) is 10.7. The summed E-state index contributed by atoms with van der Waals surface area (Å²) in [7, 11) is 0. The van der Waals surface area contributed by atoms with Gasteiger partial charge < -0.3 is 19.9 Å². The standard InChI is InChI=1S/C24H25F2N3O3/c25-24(26)32-21-10-4-2-8-19(21)23(31)29-13-5-6-17(15-29)22(30)27-12-11-16-14-28-20-9-3-1-7-18(16)20/h1-4,7-10,14,17,24,28H,5-6,11-13,15H2,(H,27,30). The number of likely N-dealkylation sites (tertiary alicyclic amines) is 1. The number of hydrogen-bond donors (Lipinski definition) is 2. The second-order valence-corrected chi connectivity index (χ2v) is 7.87. The number of rotatable bonds is 7. The van der Waals surface area contributed by atoms with Gasteiger partial charge in [-0.1, -0.05) is 30.3 Å². The molecule has 1 unspecified atom stereocenters. The quantitative estimate of drug-likeness (QED) is 0.583. The van der Waals surface area contributed by atoms with Gasteiger partial charge in [0, 0.05) is 36.7 Å². The van der Waals surface area contributed by atoms with Crippen molar-refractivity contribution < 1.29 is 23.1 Å². The van der Waals surface area contributed by atoms with E-state index in [1.165, 1.54) is 18.2 Å². The maximum Gasteiger partial charge on any atom is 0.387 e. The molecule has 32 heavy (non-hydrogen) atoms. The minimum Gasteiger partial charge on any atom is -0.434 e. The lowest BCUT2D eigenvalue weighted by molar-refractivity contribution is -0.126. The number of alkyl halides is 2. The summed E-state index contributed by atoms with van der Waals surface area (Å²) in [5.74, 6) is -0.992. The fourth-order valence-electron chi connectivity index (χ4n) is 4.19. The molecule has 2 amide bonds. The molecule has 2 heterocycles. The maximum absolute atomic E-state index is 12.9. The predicted octanol–water partition coefficient (Wildman–Crippen LogP) is 3.98. The fraction of sp³-hybridized carbons (Fsp3) is 0.333. The Morgan fingerprint density at radius 1 is 1.16 bits per heavy atom. The van der Waals surface area contributed by atoms with Crippen molar-refractivity contribution in [2.75, 3.05) is 19.6 Å². The van der Waals surface area contributed by atoms with Gasteiger partial charge in [-0.3, -0.25) is 9.59 Å². The second-order valence-electron chi connectivity index (χ2n) is 7.87. The zero-order valence-corrected chi connectivity index (χ0v) is 17.5. The third-order valence-corrected chi connectivity index (χ3v) is 5.78. The Hall–Kier alpha value is -3.42. The van der Waals surface area contributed by atoms with E-state index in [-0.39, 0.29) is 29.7 Å². The van der Waals surface area contributed by atoms with Gasteiger partial charge in [-0.25, -0.2) is 0 Å². The van der Waals surface area contributed by atoms with E-state index in [2.05, 4.69) is 15.0 Å². The van der Waals surface area contributed by atoms with Crippen LogP contribution in [0.25, 0.3) is 10.9 Å². The third-order valence-electron chi connectivity index (χ3n) is 5.78. The minimum atomic E-state index is -3.01. The highest BCUT2D eigenvalue weighted by Gasteiger charge is 2.30. The number of nitrogens with one attached hydrogen (secondary N) is 2. The monoisotopic (exact) mass is 441 g/mol. The summed E-state index contributed by atoms with van der Waals surface area (Å²) in [5, 5.41) is 4.12. The van der Waals surface area contributed by atoms with Gasteiger partial charge in [-0.15, -0.1) is 0 Å². The van der Waals surface area contributed by atoms with E-state index in [0.717, 1.165) is 16.5 Å². The summed E-state index contributed by atoms with van der Waals surface area (Å²) in [5.41, 5.74) is 2.27. The molecule has 1 saturated heterocycles. The summed E-state index contributed by atoms with van der Waals surface area (Å²) in [6.45, 7) is -1.79. The predicted molar refractivity (Wildman–Crippen MR) is 117 cm³/mol. The van der Waals surface area contributed by atoms with Crippen molar-refractivity contribution in [1.82, 2.24) is 15.2 Å². The summed E-state index contributed by atoms with van der Waals surface area (Å²) in [4.78, 5) is 30.4. The molecule has 1 atom stereocenters. The number of aromatic amines is 1. The van der Waals surface area contributed by atoms with Crippen LogP contribution in [-0.4, -0.2) is 47.9 Å². The Labute approximate surface area is 184 Å². The number of halogens is 2. The first-order chi connectivity index (χ1) is 15.5. The van der Waals surface area contributed by atoms with Crippen LogP contribution in [0.5, 0.6) is 5.75 Å². The number of nitrogens with zero attached hydrogens (tertiary/aromatic N) is 1. The van der Waals surface area contributed by atoms with E-state index in [4.69, 9.17) is 0 Å². The highest BCUT2D eigenvalue weighted by Crippen LogP contribution is 2.25. The van der Waals surface area contributed by atoms with Crippen LogP contribution in [0.1, 0.15) is 28.8 Å². The van der Waals surface area contributed by atoms with Crippen LogP contribution < -0.4 is 10.1 Å². The summed E-state index contributed by atoms with van der Waals surface area (Å²) < 4.78 is 29.8. The average molecular weight is 441 g/mol. The van der Waals surface area contributed by atoms with Gasteiger partial charge in [-0.05, 0) is 43.0 Å². The number of ether oxygens (including phenoxy) is 1. The van der Waals surface area contributed by atoms with E-state index >= 15 is 0 Å². The number of para-hydroxylation sites is 2. The normalized spacial score (nSPS) is 16.3. The summed E-state index contributed by atoms with van der Waals surface area (Å²) >= 11 is 0. The molecule has 0 radical (unpaired) electrons. The molecule has 3 aromatic rings. The number of piperidine rings is 1. The van der Waals surface area contributed by atoms with Gasteiger partial charge in [0.1, 0.15) is 5.75 Å². The minimum absolute atomic E-state index is 0.0770. The zero-order chi connectivity index (χ0) is 22.5. The van der Waals surface area contributed by atoms with Crippen molar-refractivity contribution in [3.05, 3.63) is 65.9 Å². The van der Waals surface area contributed by atoms with Gasteiger partial charge in [0.05, 0.1) is 11.5 Å². The number of H-pyrrole nitrogens is 1. The molecule has 2 aromatic carbocycles. The molecule has 4 rings (SSSR count). The Bertz CT molecular complexity index is 1100. The average Bonchev–Trinajstić information content (AvgIpc) is 3.22. The van der Waals surface area contributed by atoms with Crippen molar-refractivity contribution in [3.63, 3.8) is 0 Å². The maximum atomic E-state index is 12.9. The lowest BCUT2D eigenvalue weighted by Crippen LogP contribution is -2.45. The Kier molecular flexibility index (Phi) is 6.68. The molecule has 168 valence electrons. The van der Waals surface area contributed by atoms with E-state index in [0.29, 0.717) is 32.4 Å². The summed E-state index contributed by atoms with van der Waals surface area (Å²) in [6.07, 6.45) is 4.00. The third kappa shape index (κ3) is 4.90. The molecule has 1 aromatic heterocycles. The second kappa shape index (κ2) is 9.80. The largest absolute Gasteiger partial charge is 0.434 e. The Morgan fingerprint density at radius 2 is 1.94 bits per heavy atom. The van der Waals surface area contributed by atoms with Crippen LogP contribution in [0.2, 0.25) is 0 Å². The van der Waals surface area contributed by atoms with Crippen molar-refractivity contribution in [2.45, 2.75) is 25.9 Å². The molecule has 0 saturated carbocycles. The van der Waals surface area contributed by atoms with Gasteiger partial charge in [-0.2, -0.15) is 8.78 Å². The van der Waals surface area contributed by atoms with Crippen LogP contribution in [-0.2, 0) is 11.2 Å². The number of benzene rings is 2. The SMILES string of the molecule is O=C(NCCc1c[nH]c2ccccc12)C1CCCN(C(=O)c2ccccc2OC(F)F)C1. The van der Waals surface area contributed by atoms with Crippen LogP contribution in [0, 0.1) is 5.92 Å². The molecule has 1 fully saturated rings. The van der Waals surface area contributed by atoms with E-state index in [1.54, 1.807) is 11.0 Å². The van der Waals surface area contributed by atoms with Gasteiger partial charge >= 0.3 is 6.61 Å². The smallest absolute Gasteiger partial charge is 0.387 e. The van der Waals surface area contributed by atoms with Crippen LogP contribution >= 0.6 is 0 Å². The molecule has 2 N–H and O–H groups in total. The van der Waals surface area contributed by atoms with Crippen molar-refractivity contribution in [3.8, 4) is 5.75 Å². The lowest BCUT2D eigenvalue weighted by atomic mass is 9.96. The number of fused-ring (bicyclic) bond motifs is 1. The van der Waals surface area contributed by atoms with Gasteiger partial charge in [0.2, 0.25) is 5.91 Å². The molecule has 8 heteroatoms. The highest BCUT2D eigenvalue weighted by atomic mass is 19.3. The number of hydrogen-bond acceptors (Lipinski definition) is 3. The Morgan fingerprint density at radius 3 is 2.78 bits per heavy atom. The molecular formula is C24H25F2N3O3. The number of aromatic nitrogens is 1. The molecule has 1 aliphatic rings. The van der Waals surface area contributed by atoms with Crippen molar-refractivity contribution in [2.24, 2.45) is 5.92 Å². The fourth-order valence-corrected chi connectivity index (χ4v) is 4.19. The molecule has 0 aliphatic carbocycles. The molecule has 0 bridgehead atoms. The number of carbonyl (C=O) groups excluding carboxylic acids is 2. The topological polar surface area (TPSA) is 74.4 Å². The number of carbonyl (C=O) groups is 2. The first kappa shape index (κ1) is 21.8. The van der Waals surface area contributed by atoms with Crippen molar-refractivity contribution >= 4 is 22.7 Å². The highest BCUT2D eigenvalue weighted by molar-refractivity contribution is 5.97. The first-order valence-electron chi connectivity index (χ1n) is 10.7. The Balaban J connectivity index is 1.34. The molecular weight excluding hydrogens is 416 g/mol. The molecule has 1 aliphatic heterocycles. The van der Waals surface area contributed by atoms with E-state index in [9.17, 15) is 18.4 Å². The van der Waals surface area contributed by atoms with Gasteiger partial charge in [0.25, 0.3) is 5.91 Å². The molecule has 0 spiro atoms. The number of amides is 2. The molecule has 6 nitrogen and oxygen atoms in total. The van der Waals surface area contributed by atoms with Crippen molar-refractivity contribution in [1.29, 1.82) is 0 Å². The van der Waals surface area contributed by atoms with Gasteiger partial charge in [0.15, 0.2) is 0 Å².